The fraction of sp³-hybridized carbons (Fsp3) is 0.562. The van der Waals surface area contributed by atoms with Gasteiger partial charge in [-0.15, -0.1) is 0 Å². The quantitative estimate of drug-likeness (QED) is 0.869. The summed E-state index contributed by atoms with van der Waals surface area (Å²) in [5, 5.41) is 6.53. The molecular formula is C16H24N2O2. The van der Waals surface area contributed by atoms with Crippen LogP contribution < -0.4 is 10.6 Å². The van der Waals surface area contributed by atoms with E-state index in [0.29, 0.717) is 12.6 Å². The number of nitrogens with one attached hydrogen (secondary N) is 2. The summed E-state index contributed by atoms with van der Waals surface area (Å²) in [6, 6.07) is 8.53. The lowest BCUT2D eigenvalue weighted by Crippen LogP contribution is -2.40. The van der Waals surface area contributed by atoms with Crippen LogP contribution in [-0.2, 0) is 9.53 Å². The van der Waals surface area contributed by atoms with E-state index in [0.717, 1.165) is 24.1 Å². The third-order valence-corrected chi connectivity index (χ3v) is 3.79. The highest BCUT2D eigenvalue weighted by Gasteiger charge is 2.29. The second kappa shape index (κ2) is 6.75. The molecule has 0 saturated heterocycles. The summed E-state index contributed by atoms with van der Waals surface area (Å²) in [5.74, 6) is 0.0573. The molecule has 0 aliphatic carbocycles. The maximum Gasteiger partial charge on any atom is 0.227 e. The summed E-state index contributed by atoms with van der Waals surface area (Å²) in [7, 11) is 1.68. The van der Waals surface area contributed by atoms with Gasteiger partial charge in [-0.25, -0.2) is 0 Å². The molecule has 0 bridgehead atoms. The summed E-state index contributed by atoms with van der Waals surface area (Å²) >= 11 is 0. The maximum atomic E-state index is 12.5. The Balaban J connectivity index is 2.06. The Kier molecular flexibility index (Phi) is 5.01. The largest absolute Gasteiger partial charge is 0.385 e. The van der Waals surface area contributed by atoms with Crippen LogP contribution in [0.25, 0.3) is 0 Å². The number of carbonyl (C=O) groups is 1. The molecule has 1 aliphatic rings. The molecule has 4 nitrogen and oxygen atoms in total. The molecule has 4 heteroatoms. The molecule has 1 amide bonds. The molecule has 20 heavy (non-hydrogen) atoms. The fourth-order valence-corrected chi connectivity index (χ4v) is 2.70. The standard InChI is InChI=1S/C16H24N2O2/c1-11(8-9-20-3)18-16(19)14-10-12(2)17-15-7-5-4-6-13(14)15/h4-7,11-12,14,17H,8-10H2,1-3H3,(H,18,19). The molecule has 0 radical (unpaired) electrons. The van der Waals surface area contributed by atoms with E-state index in [1.807, 2.05) is 31.2 Å². The number of para-hydroxylation sites is 1. The van der Waals surface area contributed by atoms with Gasteiger partial charge in [0.05, 0.1) is 5.92 Å². The molecule has 110 valence electrons. The van der Waals surface area contributed by atoms with E-state index in [4.69, 9.17) is 4.74 Å². The molecule has 3 atom stereocenters. The SMILES string of the molecule is COCCC(C)NC(=O)C1CC(C)Nc2ccccc21. The van der Waals surface area contributed by atoms with Crippen LogP contribution >= 0.6 is 0 Å². The predicted octanol–water partition coefficient (Wildman–Crippen LogP) is 2.52. The van der Waals surface area contributed by atoms with E-state index >= 15 is 0 Å². The van der Waals surface area contributed by atoms with Crippen molar-refractivity contribution in [3.8, 4) is 0 Å². The Labute approximate surface area is 120 Å². The van der Waals surface area contributed by atoms with E-state index < -0.39 is 0 Å². The number of benzene rings is 1. The Hall–Kier alpha value is -1.55. The first-order valence-corrected chi connectivity index (χ1v) is 7.26. The third kappa shape index (κ3) is 3.51. The van der Waals surface area contributed by atoms with Crippen molar-refractivity contribution in [3.05, 3.63) is 29.8 Å². The molecule has 2 N–H and O–H groups in total. The number of hydrogen-bond donors (Lipinski definition) is 2. The Morgan fingerprint density at radius 2 is 2.25 bits per heavy atom. The summed E-state index contributed by atoms with van der Waals surface area (Å²) in [6.07, 6.45) is 1.67. The zero-order valence-electron chi connectivity index (χ0n) is 12.5. The van der Waals surface area contributed by atoms with Crippen molar-refractivity contribution in [1.82, 2.24) is 5.32 Å². The Morgan fingerprint density at radius 1 is 1.50 bits per heavy atom. The van der Waals surface area contributed by atoms with Crippen molar-refractivity contribution in [2.75, 3.05) is 19.0 Å². The van der Waals surface area contributed by atoms with Crippen LogP contribution in [0.2, 0.25) is 0 Å². The van der Waals surface area contributed by atoms with E-state index in [2.05, 4.69) is 17.6 Å². The van der Waals surface area contributed by atoms with Crippen LogP contribution in [0.15, 0.2) is 24.3 Å². The predicted molar refractivity (Wildman–Crippen MR) is 81.0 cm³/mol. The molecule has 1 aliphatic heterocycles. The van der Waals surface area contributed by atoms with Crippen LogP contribution in [-0.4, -0.2) is 31.7 Å². The van der Waals surface area contributed by atoms with Gasteiger partial charge in [0.1, 0.15) is 0 Å². The smallest absolute Gasteiger partial charge is 0.227 e. The van der Waals surface area contributed by atoms with Crippen LogP contribution in [0, 0.1) is 0 Å². The first-order chi connectivity index (χ1) is 9.61. The van der Waals surface area contributed by atoms with Gasteiger partial charge in [0.25, 0.3) is 0 Å². The van der Waals surface area contributed by atoms with Crippen LogP contribution in [0.1, 0.15) is 38.2 Å². The van der Waals surface area contributed by atoms with Crippen molar-refractivity contribution in [2.24, 2.45) is 0 Å². The number of carbonyl (C=O) groups excluding carboxylic acids is 1. The molecule has 1 aromatic carbocycles. The minimum atomic E-state index is -0.0626. The van der Waals surface area contributed by atoms with Gasteiger partial charge in [-0.3, -0.25) is 4.79 Å². The summed E-state index contributed by atoms with van der Waals surface area (Å²) in [6.45, 7) is 4.80. The van der Waals surface area contributed by atoms with Gasteiger partial charge in [0, 0.05) is 31.5 Å². The van der Waals surface area contributed by atoms with Crippen molar-refractivity contribution in [1.29, 1.82) is 0 Å². The fourth-order valence-electron chi connectivity index (χ4n) is 2.70. The van der Waals surface area contributed by atoms with Crippen molar-refractivity contribution in [3.63, 3.8) is 0 Å². The van der Waals surface area contributed by atoms with Crippen LogP contribution in [0.5, 0.6) is 0 Å². The zero-order valence-corrected chi connectivity index (χ0v) is 12.5. The number of methoxy groups -OCH3 is 1. The van der Waals surface area contributed by atoms with E-state index in [1.165, 1.54) is 0 Å². The van der Waals surface area contributed by atoms with Gasteiger partial charge in [-0.1, -0.05) is 18.2 Å². The summed E-state index contributed by atoms with van der Waals surface area (Å²) in [4.78, 5) is 12.5. The van der Waals surface area contributed by atoms with Gasteiger partial charge in [-0.2, -0.15) is 0 Å². The lowest BCUT2D eigenvalue weighted by atomic mass is 9.86. The highest BCUT2D eigenvalue weighted by Crippen LogP contribution is 2.34. The van der Waals surface area contributed by atoms with Crippen molar-refractivity contribution < 1.29 is 9.53 Å². The molecule has 3 unspecified atom stereocenters. The number of ether oxygens (including phenoxy) is 1. The van der Waals surface area contributed by atoms with Crippen molar-refractivity contribution >= 4 is 11.6 Å². The second-order valence-electron chi connectivity index (χ2n) is 5.61. The highest BCUT2D eigenvalue weighted by atomic mass is 16.5. The number of anilines is 1. The average Bonchev–Trinajstić information content (AvgIpc) is 2.44. The van der Waals surface area contributed by atoms with Crippen molar-refractivity contribution in [2.45, 2.75) is 44.7 Å². The molecule has 1 heterocycles. The van der Waals surface area contributed by atoms with Gasteiger partial charge in [0.15, 0.2) is 0 Å². The lowest BCUT2D eigenvalue weighted by Gasteiger charge is -2.31. The highest BCUT2D eigenvalue weighted by molar-refractivity contribution is 5.86. The van der Waals surface area contributed by atoms with Gasteiger partial charge in [-0.05, 0) is 38.3 Å². The first-order valence-electron chi connectivity index (χ1n) is 7.26. The molecular weight excluding hydrogens is 252 g/mol. The number of hydrogen-bond acceptors (Lipinski definition) is 3. The van der Waals surface area contributed by atoms with E-state index in [1.54, 1.807) is 7.11 Å². The maximum absolute atomic E-state index is 12.5. The third-order valence-electron chi connectivity index (χ3n) is 3.79. The molecule has 0 fully saturated rings. The van der Waals surface area contributed by atoms with Crippen LogP contribution in [0.3, 0.4) is 0 Å². The summed E-state index contributed by atoms with van der Waals surface area (Å²) < 4.78 is 5.05. The average molecular weight is 276 g/mol. The second-order valence-corrected chi connectivity index (χ2v) is 5.61. The minimum absolute atomic E-state index is 0.0626. The lowest BCUT2D eigenvalue weighted by molar-refractivity contribution is -0.123. The van der Waals surface area contributed by atoms with E-state index in [9.17, 15) is 4.79 Å². The molecule has 2 rings (SSSR count). The number of fused-ring (bicyclic) bond motifs is 1. The number of amides is 1. The van der Waals surface area contributed by atoms with Gasteiger partial charge < -0.3 is 15.4 Å². The molecule has 1 aromatic rings. The van der Waals surface area contributed by atoms with Crippen LogP contribution in [0.4, 0.5) is 5.69 Å². The molecule has 0 saturated carbocycles. The Bertz CT molecular complexity index is 462. The number of rotatable bonds is 5. The van der Waals surface area contributed by atoms with Gasteiger partial charge in [0.2, 0.25) is 5.91 Å². The Morgan fingerprint density at radius 3 is 3.00 bits per heavy atom. The normalized spacial score (nSPS) is 22.6. The topological polar surface area (TPSA) is 50.4 Å². The summed E-state index contributed by atoms with van der Waals surface area (Å²) in [5.41, 5.74) is 2.18. The monoisotopic (exact) mass is 276 g/mol. The van der Waals surface area contributed by atoms with Gasteiger partial charge >= 0.3 is 0 Å². The zero-order chi connectivity index (χ0) is 14.5. The minimum Gasteiger partial charge on any atom is -0.385 e. The first kappa shape index (κ1) is 14.9. The van der Waals surface area contributed by atoms with E-state index in [-0.39, 0.29) is 17.9 Å². The molecule has 0 aromatic heterocycles. The molecule has 0 spiro atoms.